The molecule has 7 nitrogen and oxygen atoms in total. The van der Waals surface area contributed by atoms with Gasteiger partial charge in [-0.05, 0) is 30.3 Å². The van der Waals surface area contributed by atoms with Gasteiger partial charge in [0.15, 0.2) is 0 Å². The molecule has 116 valence electrons. The molecular formula is C15H11N3O4S. The molecule has 23 heavy (non-hydrogen) atoms. The summed E-state index contributed by atoms with van der Waals surface area (Å²) in [6.45, 7) is 0. The summed E-state index contributed by atoms with van der Waals surface area (Å²) in [5, 5.41) is 13.7. The van der Waals surface area contributed by atoms with Gasteiger partial charge < -0.3 is 10.1 Å². The number of aromatic nitrogens is 1. The summed E-state index contributed by atoms with van der Waals surface area (Å²) in [6.07, 6.45) is 0. The second-order valence-electron chi connectivity index (χ2n) is 4.63. The van der Waals surface area contributed by atoms with Crippen molar-refractivity contribution in [2.45, 2.75) is 0 Å². The topological polar surface area (TPSA) is 94.4 Å². The lowest BCUT2D eigenvalue weighted by molar-refractivity contribution is -0.384. The van der Waals surface area contributed by atoms with Crippen molar-refractivity contribution in [1.29, 1.82) is 0 Å². The van der Waals surface area contributed by atoms with Gasteiger partial charge in [0.2, 0.25) is 0 Å². The van der Waals surface area contributed by atoms with Crippen LogP contribution in [0.1, 0.15) is 10.4 Å². The highest BCUT2D eigenvalue weighted by atomic mass is 32.1. The summed E-state index contributed by atoms with van der Waals surface area (Å²) >= 11 is 1.42. The molecule has 0 spiro atoms. The van der Waals surface area contributed by atoms with Gasteiger partial charge in [-0.2, -0.15) is 0 Å². The zero-order chi connectivity index (χ0) is 16.4. The highest BCUT2D eigenvalue weighted by Gasteiger charge is 2.18. The van der Waals surface area contributed by atoms with Gasteiger partial charge in [-0.25, -0.2) is 4.98 Å². The average Bonchev–Trinajstić information content (AvgIpc) is 3.02. The van der Waals surface area contributed by atoms with E-state index in [0.29, 0.717) is 11.3 Å². The second kappa shape index (κ2) is 6.01. The van der Waals surface area contributed by atoms with Crippen molar-refractivity contribution < 1.29 is 14.5 Å². The van der Waals surface area contributed by atoms with Crippen molar-refractivity contribution in [3.63, 3.8) is 0 Å². The molecule has 0 atom stereocenters. The number of amides is 1. The number of nitro groups is 1. The van der Waals surface area contributed by atoms with Crippen LogP contribution in [-0.4, -0.2) is 22.9 Å². The normalized spacial score (nSPS) is 10.5. The first-order valence-corrected chi connectivity index (χ1v) is 7.43. The van der Waals surface area contributed by atoms with E-state index in [2.05, 4.69) is 10.3 Å². The number of nitro benzene ring substituents is 1. The Bertz CT molecular complexity index is 907. The largest absolute Gasteiger partial charge is 0.496 e. The molecule has 0 saturated carbocycles. The highest BCUT2D eigenvalue weighted by molar-refractivity contribution is 7.16. The van der Waals surface area contributed by atoms with Crippen molar-refractivity contribution in [2.75, 3.05) is 12.4 Å². The van der Waals surface area contributed by atoms with Gasteiger partial charge >= 0.3 is 0 Å². The van der Waals surface area contributed by atoms with Crippen molar-refractivity contribution in [1.82, 2.24) is 4.98 Å². The van der Waals surface area contributed by atoms with E-state index in [1.807, 2.05) is 0 Å². The highest BCUT2D eigenvalue weighted by Crippen LogP contribution is 2.29. The minimum atomic E-state index is -0.565. The Morgan fingerprint density at radius 3 is 2.87 bits per heavy atom. The van der Waals surface area contributed by atoms with E-state index in [9.17, 15) is 14.9 Å². The van der Waals surface area contributed by atoms with Crippen LogP contribution in [0.15, 0.2) is 41.9 Å². The minimum absolute atomic E-state index is 0.116. The van der Waals surface area contributed by atoms with Crippen molar-refractivity contribution in [2.24, 2.45) is 0 Å². The number of carbonyl (C=O) groups is 1. The first kappa shape index (κ1) is 14.9. The molecule has 1 N–H and O–H groups in total. The number of anilines is 1. The number of ether oxygens (including phenoxy) is 1. The van der Waals surface area contributed by atoms with Gasteiger partial charge in [-0.15, -0.1) is 11.3 Å². The van der Waals surface area contributed by atoms with Gasteiger partial charge in [0, 0.05) is 5.56 Å². The fourth-order valence-electron chi connectivity index (χ4n) is 2.09. The summed E-state index contributed by atoms with van der Waals surface area (Å²) in [5.74, 6) is -0.0747. The predicted octanol–water partition coefficient (Wildman–Crippen LogP) is 3.47. The van der Waals surface area contributed by atoms with E-state index in [4.69, 9.17) is 4.74 Å². The maximum atomic E-state index is 12.3. The Morgan fingerprint density at radius 2 is 2.13 bits per heavy atom. The average molecular weight is 329 g/mol. The predicted molar refractivity (Wildman–Crippen MR) is 87.2 cm³/mol. The molecule has 0 unspecified atom stereocenters. The van der Waals surface area contributed by atoms with E-state index in [-0.39, 0.29) is 11.4 Å². The van der Waals surface area contributed by atoms with Gasteiger partial charge in [-0.1, -0.05) is 0 Å². The SMILES string of the molecule is COc1ccc(NC(=O)c2ccc3ncsc3c2)c([N+](=O)[O-])c1. The third-order valence-electron chi connectivity index (χ3n) is 3.24. The third-order valence-corrected chi connectivity index (χ3v) is 4.03. The zero-order valence-corrected chi connectivity index (χ0v) is 12.8. The fraction of sp³-hybridized carbons (Fsp3) is 0.0667. The van der Waals surface area contributed by atoms with E-state index in [1.54, 1.807) is 29.8 Å². The molecule has 3 aromatic rings. The molecule has 2 aromatic carbocycles. The van der Waals surface area contributed by atoms with Crippen LogP contribution >= 0.6 is 11.3 Å². The maximum Gasteiger partial charge on any atom is 0.296 e. The standard InChI is InChI=1S/C15H11N3O4S/c1-22-10-3-5-11(13(7-10)18(20)21)17-15(19)9-2-4-12-14(6-9)23-8-16-12/h2-8H,1H3,(H,17,19). The molecule has 0 aliphatic rings. The van der Waals surface area contributed by atoms with Gasteiger partial charge in [0.1, 0.15) is 11.4 Å². The Kier molecular flexibility index (Phi) is 3.90. The lowest BCUT2D eigenvalue weighted by Crippen LogP contribution is -2.13. The second-order valence-corrected chi connectivity index (χ2v) is 5.52. The molecule has 0 saturated heterocycles. The van der Waals surface area contributed by atoms with Crippen LogP contribution in [0.25, 0.3) is 10.2 Å². The minimum Gasteiger partial charge on any atom is -0.496 e. The molecule has 1 amide bonds. The number of thiazole rings is 1. The van der Waals surface area contributed by atoms with E-state index < -0.39 is 10.8 Å². The Balaban J connectivity index is 1.91. The number of nitrogens with one attached hydrogen (secondary N) is 1. The van der Waals surface area contributed by atoms with E-state index in [0.717, 1.165) is 10.2 Å². The van der Waals surface area contributed by atoms with Crippen LogP contribution < -0.4 is 10.1 Å². The number of methoxy groups -OCH3 is 1. The van der Waals surface area contributed by atoms with E-state index in [1.165, 1.54) is 30.6 Å². The maximum absolute atomic E-state index is 12.3. The lowest BCUT2D eigenvalue weighted by atomic mass is 10.2. The Hall–Kier alpha value is -3.00. The van der Waals surface area contributed by atoms with Crippen LogP contribution in [0.4, 0.5) is 11.4 Å². The van der Waals surface area contributed by atoms with Gasteiger partial charge in [0.05, 0.1) is 33.8 Å². The number of hydrogen-bond acceptors (Lipinski definition) is 6. The van der Waals surface area contributed by atoms with Gasteiger partial charge in [0.25, 0.3) is 11.6 Å². The molecule has 3 rings (SSSR count). The fourth-order valence-corrected chi connectivity index (χ4v) is 2.80. The Labute approximate surface area is 134 Å². The summed E-state index contributed by atoms with van der Waals surface area (Å²) < 4.78 is 5.84. The molecule has 0 radical (unpaired) electrons. The van der Waals surface area contributed by atoms with Crippen LogP contribution in [0.2, 0.25) is 0 Å². The number of benzene rings is 2. The number of nitrogens with zero attached hydrogens (tertiary/aromatic N) is 2. The molecule has 8 heteroatoms. The van der Waals surface area contributed by atoms with Crippen molar-refractivity contribution in [3.05, 3.63) is 57.6 Å². The summed E-state index contributed by atoms with van der Waals surface area (Å²) in [7, 11) is 1.42. The first-order chi connectivity index (χ1) is 11.1. The molecule has 0 aliphatic heterocycles. The van der Waals surface area contributed by atoms with Crippen LogP contribution in [0, 0.1) is 10.1 Å². The molecule has 1 heterocycles. The zero-order valence-electron chi connectivity index (χ0n) is 12.0. The van der Waals surface area contributed by atoms with Crippen LogP contribution in [0.3, 0.4) is 0 Å². The monoisotopic (exact) mass is 329 g/mol. The number of carbonyl (C=O) groups excluding carboxylic acids is 1. The van der Waals surface area contributed by atoms with Crippen molar-refractivity contribution >= 4 is 38.8 Å². The molecule has 0 bridgehead atoms. The smallest absolute Gasteiger partial charge is 0.296 e. The van der Waals surface area contributed by atoms with Crippen LogP contribution in [-0.2, 0) is 0 Å². The quantitative estimate of drug-likeness (QED) is 0.584. The summed E-state index contributed by atoms with van der Waals surface area (Å²) in [4.78, 5) is 27.0. The summed E-state index contributed by atoms with van der Waals surface area (Å²) in [6, 6.07) is 9.34. The number of hydrogen-bond donors (Lipinski definition) is 1. The molecule has 1 aromatic heterocycles. The van der Waals surface area contributed by atoms with Crippen molar-refractivity contribution in [3.8, 4) is 5.75 Å². The molecule has 0 fully saturated rings. The molecule has 0 aliphatic carbocycles. The first-order valence-electron chi connectivity index (χ1n) is 6.55. The van der Waals surface area contributed by atoms with Gasteiger partial charge in [-0.3, -0.25) is 14.9 Å². The van der Waals surface area contributed by atoms with E-state index >= 15 is 0 Å². The lowest BCUT2D eigenvalue weighted by Gasteiger charge is -2.07. The number of fused-ring (bicyclic) bond motifs is 1. The molecular weight excluding hydrogens is 318 g/mol. The summed E-state index contributed by atoms with van der Waals surface area (Å²) in [5.41, 5.74) is 2.80. The van der Waals surface area contributed by atoms with Crippen LogP contribution in [0.5, 0.6) is 5.75 Å². The number of rotatable bonds is 4. The third kappa shape index (κ3) is 2.97. The Morgan fingerprint density at radius 1 is 1.30 bits per heavy atom.